The van der Waals surface area contributed by atoms with Gasteiger partial charge in [0.05, 0.1) is 27.2 Å². The molecule has 1 aromatic heterocycles. The number of guanidine groups is 1. The molecule has 1 aliphatic rings. The third-order valence-corrected chi connectivity index (χ3v) is 10.4. The Morgan fingerprint density at radius 1 is 1.16 bits per heavy atom. The highest BCUT2D eigenvalue weighted by Gasteiger charge is 2.37. The third-order valence-electron chi connectivity index (χ3n) is 7.68. The first kappa shape index (κ1) is 32.4. The van der Waals surface area contributed by atoms with E-state index in [0.29, 0.717) is 35.9 Å². The minimum Gasteiger partial charge on any atom is -0.487 e. The third kappa shape index (κ3) is 7.00. The second kappa shape index (κ2) is 12.6. The molecule has 13 heteroatoms. The highest BCUT2D eigenvalue weighted by Crippen LogP contribution is 2.43. The predicted molar refractivity (Wildman–Crippen MR) is 168 cm³/mol. The summed E-state index contributed by atoms with van der Waals surface area (Å²) in [5.74, 6) is -0.410. The standard InChI is InChI=1S/C30H40N6O5S2/c1-7-20(31)27(38)34-22(24(37)28-35-21-11-8-9-13-23(21)42-28)12-10-14-33-29(32)36-43(39,40)26-17(3)16(2)25-19(18(26)4)15-30(5,6)41-25/h8-9,11,13,20,22H,7,10,12,14-15,31H2,1-6H3,(H,34,38)(H3,32,33,36). The predicted octanol–water partition coefficient (Wildman–Crippen LogP) is 3.62. The molecule has 11 nitrogen and oxygen atoms in total. The number of thiazole rings is 1. The molecule has 2 atom stereocenters. The number of hydrogen-bond acceptors (Lipinski definition) is 9. The molecule has 6 N–H and O–H groups in total. The van der Waals surface area contributed by atoms with Crippen LogP contribution in [-0.4, -0.2) is 55.3 Å². The van der Waals surface area contributed by atoms with Crippen LogP contribution in [0.2, 0.25) is 0 Å². The van der Waals surface area contributed by atoms with E-state index in [0.717, 1.165) is 21.6 Å². The van der Waals surface area contributed by atoms with Crippen molar-refractivity contribution in [2.75, 3.05) is 6.54 Å². The summed E-state index contributed by atoms with van der Waals surface area (Å²) in [7, 11) is -4.07. The fourth-order valence-electron chi connectivity index (χ4n) is 5.25. The van der Waals surface area contributed by atoms with Gasteiger partial charge in [0.2, 0.25) is 17.6 Å². The Morgan fingerprint density at radius 2 is 1.86 bits per heavy atom. The second-order valence-electron chi connectivity index (χ2n) is 11.5. The van der Waals surface area contributed by atoms with Crippen LogP contribution in [0, 0.1) is 26.2 Å². The molecule has 43 heavy (non-hydrogen) atoms. The Kier molecular flexibility index (Phi) is 9.48. The number of nitrogens with two attached hydrogens (primary N) is 1. The minimum absolute atomic E-state index is 0.146. The lowest BCUT2D eigenvalue weighted by atomic mass is 9.94. The molecule has 2 heterocycles. The molecule has 1 aliphatic heterocycles. The van der Waals surface area contributed by atoms with Gasteiger partial charge in [0, 0.05) is 18.5 Å². The van der Waals surface area contributed by atoms with E-state index in [1.807, 2.05) is 45.0 Å². The van der Waals surface area contributed by atoms with Crippen LogP contribution < -0.4 is 25.8 Å². The molecule has 0 aliphatic carbocycles. The number of Topliss-reactive ketones (excluding diaryl/α,β-unsaturated/α-hetero) is 1. The normalized spacial score (nSPS) is 15.3. The number of nitrogens with one attached hydrogen (secondary N) is 4. The molecule has 0 radical (unpaired) electrons. The monoisotopic (exact) mass is 628 g/mol. The smallest absolute Gasteiger partial charge is 0.264 e. The molecular formula is C30H40N6O5S2. The lowest BCUT2D eigenvalue weighted by Gasteiger charge is -2.20. The topological polar surface area (TPSA) is 176 Å². The number of hydrogen-bond donors (Lipinski definition) is 5. The first-order chi connectivity index (χ1) is 20.1. The Labute approximate surface area is 256 Å². The van der Waals surface area contributed by atoms with Gasteiger partial charge in [0.1, 0.15) is 11.4 Å². The van der Waals surface area contributed by atoms with E-state index >= 15 is 0 Å². The number of fused-ring (bicyclic) bond motifs is 2. The van der Waals surface area contributed by atoms with E-state index in [1.54, 1.807) is 20.8 Å². The fourth-order valence-corrected chi connectivity index (χ4v) is 7.73. The Bertz CT molecular complexity index is 1650. The number of rotatable bonds is 11. The van der Waals surface area contributed by atoms with Crippen LogP contribution in [-0.2, 0) is 21.2 Å². The quantitative estimate of drug-likeness (QED) is 0.0925. The van der Waals surface area contributed by atoms with Gasteiger partial charge in [0.15, 0.2) is 5.01 Å². The van der Waals surface area contributed by atoms with E-state index in [9.17, 15) is 18.0 Å². The Balaban J connectivity index is 1.41. The van der Waals surface area contributed by atoms with E-state index < -0.39 is 33.6 Å². The highest BCUT2D eigenvalue weighted by molar-refractivity contribution is 7.90. The second-order valence-corrected chi connectivity index (χ2v) is 14.2. The van der Waals surface area contributed by atoms with E-state index in [1.165, 1.54) is 11.3 Å². The van der Waals surface area contributed by atoms with Crippen LogP contribution in [0.4, 0.5) is 0 Å². The molecule has 0 bridgehead atoms. The molecule has 0 spiro atoms. The van der Waals surface area contributed by atoms with Crippen molar-refractivity contribution in [2.45, 2.75) is 89.8 Å². The van der Waals surface area contributed by atoms with Gasteiger partial charge < -0.3 is 21.1 Å². The fraction of sp³-hybridized carbons (Fsp3) is 0.467. The first-order valence-corrected chi connectivity index (χ1v) is 16.6. The van der Waals surface area contributed by atoms with Crippen molar-refractivity contribution in [3.63, 3.8) is 0 Å². The SMILES string of the molecule is CCC(N)C(=O)NC(CCCNC(=N)NS(=O)(=O)c1c(C)c(C)c2c(c1C)CC(C)(C)O2)C(=O)c1nc2ccccc2s1. The van der Waals surface area contributed by atoms with Gasteiger partial charge in [-0.25, -0.2) is 18.1 Å². The van der Waals surface area contributed by atoms with Crippen molar-refractivity contribution in [1.29, 1.82) is 5.41 Å². The number of aromatic nitrogens is 1. The lowest BCUT2D eigenvalue weighted by molar-refractivity contribution is -0.122. The van der Waals surface area contributed by atoms with Gasteiger partial charge in [-0.05, 0) is 82.7 Å². The molecule has 0 saturated carbocycles. The molecule has 232 valence electrons. The van der Waals surface area contributed by atoms with Crippen molar-refractivity contribution in [3.8, 4) is 5.75 Å². The van der Waals surface area contributed by atoms with Crippen molar-refractivity contribution in [1.82, 2.24) is 20.3 Å². The maximum atomic E-state index is 13.4. The molecule has 2 unspecified atom stereocenters. The molecule has 4 rings (SSSR count). The van der Waals surface area contributed by atoms with Crippen molar-refractivity contribution >= 4 is 49.2 Å². The summed E-state index contributed by atoms with van der Waals surface area (Å²) in [6.07, 6.45) is 1.60. The maximum Gasteiger partial charge on any atom is 0.264 e. The first-order valence-electron chi connectivity index (χ1n) is 14.3. The summed E-state index contributed by atoms with van der Waals surface area (Å²) in [6.45, 7) is 11.3. The maximum absolute atomic E-state index is 13.4. The van der Waals surface area contributed by atoms with E-state index in [2.05, 4.69) is 20.3 Å². The zero-order valence-corrected chi connectivity index (χ0v) is 27.0. The summed E-state index contributed by atoms with van der Waals surface area (Å²) in [5, 5.41) is 14.1. The summed E-state index contributed by atoms with van der Waals surface area (Å²) in [6, 6.07) is 5.79. The molecule has 0 fully saturated rings. The van der Waals surface area contributed by atoms with Gasteiger partial charge in [-0.15, -0.1) is 11.3 Å². The minimum atomic E-state index is -4.07. The van der Waals surface area contributed by atoms with Gasteiger partial charge >= 0.3 is 0 Å². The Morgan fingerprint density at radius 3 is 2.53 bits per heavy atom. The van der Waals surface area contributed by atoms with Crippen LogP contribution in [0.3, 0.4) is 0 Å². The van der Waals surface area contributed by atoms with Gasteiger partial charge in [-0.1, -0.05) is 19.1 Å². The van der Waals surface area contributed by atoms with Crippen LogP contribution in [0.25, 0.3) is 10.2 Å². The van der Waals surface area contributed by atoms with Crippen LogP contribution in [0.1, 0.15) is 72.1 Å². The average Bonchev–Trinajstić information content (AvgIpc) is 3.52. The largest absolute Gasteiger partial charge is 0.487 e. The molecule has 0 saturated heterocycles. The van der Waals surface area contributed by atoms with E-state index in [-0.39, 0.29) is 34.6 Å². The number of benzene rings is 2. The number of sulfonamides is 1. The number of ketones is 1. The number of carbonyl (C=O) groups excluding carboxylic acids is 2. The van der Waals surface area contributed by atoms with Gasteiger partial charge in [-0.3, -0.25) is 15.0 Å². The number of para-hydroxylation sites is 1. The number of ether oxygens (including phenoxy) is 1. The average molecular weight is 629 g/mol. The number of carbonyl (C=O) groups is 2. The van der Waals surface area contributed by atoms with Crippen LogP contribution >= 0.6 is 11.3 Å². The lowest BCUT2D eigenvalue weighted by Crippen LogP contribution is -2.48. The van der Waals surface area contributed by atoms with Crippen LogP contribution in [0.15, 0.2) is 29.2 Å². The summed E-state index contributed by atoms with van der Waals surface area (Å²) >= 11 is 1.26. The van der Waals surface area contributed by atoms with Crippen molar-refractivity contribution in [2.24, 2.45) is 5.73 Å². The van der Waals surface area contributed by atoms with Crippen molar-refractivity contribution < 1.29 is 22.7 Å². The highest BCUT2D eigenvalue weighted by atomic mass is 32.2. The molecular weight excluding hydrogens is 589 g/mol. The molecule has 1 amide bonds. The molecule has 3 aromatic rings. The Hall–Kier alpha value is -3.55. The van der Waals surface area contributed by atoms with Crippen LogP contribution in [0.5, 0.6) is 5.75 Å². The summed E-state index contributed by atoms with van der Waals surface area (Å²) in [5.41, 5.74) is 8.98. The molecule has 2 aromatic carbocycles. The summed E-state index contributed by atoms with van der Waals surface area (Å²) in [4.78, 5) is 30.5. The number of amides is 1. The van der Waals surface area contributed by atoms with Gasteiger partial charge in [0.25, 0.3) is 10.0 Å². The zero-order chi connectivity index (χ0) is 31.7. The van der Waals surface area contributed by atoms with Gasteiger partial charge in [-0.2, -0.15) is 0 Å². The van der Waals surface area contributed by atoms with E-state index in [4.69, 9.17) is 15.9 Å². The summed E-state index contributed by atoms with van der Waals surface area (Å²) < 4.78 is 36.2. The van der Waals surface area contributed by atoms with Crippen molar-refractivity contribution in [3.05, 3.63) is 51.5 Å². The number of nitrogens with zero attached hydrogens (tertiary/aromatic N) is 1. The zero-order valence-electron chi connectivity index (χ0n) is 25.4.